The number of hydrogen-bond donors (Lipinski definition) is 1. The van der Waals surface area contributed by atoms with Crippen LogP contribution in [0.1, 0.15) is 20.7 Å². The van der Waals surface area contributed by atoms with Crippen LogP contribution in [0.15, 0.2) is 24.3 Å². The first kappa shape index (κ1) is 16.0. The van der Waals surface area contributed by atoms with Gasteiger partial charge in [0.1, 0.15) is 6.61 Å². The molecule has 0 unspecified atom stereocenters. The van der Waals surface area contributed by atoms with E-state index in [0.29, 0.717) is 0 Å². The molecule has 1 N–H and O–H groups in total. The highest BCUT2D eigenvalue weighted by Crippen LogP contribution is 2.07. The van der Waals surface area contributed by atoms with Gasteiger partial charge in [0.25, 0.3) is 0 Å². The topological polar surface area (TPSA) is 108 Å². The summed E-state index contributed by atoms with van der Waals surface area (Å²) in [4.78, 5) is 40.3. The third kappa shape index (κ3) is 5.26. The second kappa shape index (κ2) is 8.14. The van der Waals surface area contributed by atoms with Crippen LogP contribution in [0.25, 0.3) is 0 Å². The first-order valence-corrected chi connectivity index (χ1v) is 6.69. The molecule has 0 fully saturated rings. The zero-order valence-electron chi connectivity index (χ0n) is 10.5. The fourth-order valence-electron chi connectivity index (χ4n) is 1.14. The van der Waals surface area contributed by atoms with Crippen LogP contribution in [-0.2, 0) is 23.4 Å². The lowest BCUT2D eigenvalue weighted by Crippen LogP contribution is -2.14. The van der Waals surface area contributed by atoms with Crippen molar-refractivity contribution in [3.63, 3.8) is 0 Å². The van der Waals surface area contributed by atoms with Crippen molar-refractivity contribution in [3.8, 4) is 0 Å². The maximum Gasteiger partial charge on any atom is 0.772 e. The Balaban J connectivity index is 2.55. The van der Waals surface area contributed by atoms with Crippen LogP contribution in [0, 0.1) is 0 Å². The molecule has 0 amide bonds. The number of methoxy groups -OCH3 is 1. The van der Waals surface area contributed by atoms with Gasteiger partial charge in [-0.1, -0.05) is 0 Å². The minimum absolute atomic E-state index is 0.0363. The molecule has 0 saturated carbocycles. The third-order valence-electron chi connectivity index (χ3n) is 2.04. The summed E-state index contributed by atoms with van der Waals surface area (Å²) in [6.07, 6.45) is 0. The number of carbonyl (C=O) groups is 2. The Hall–Kier alpha value is -2.10. The molecule has 0 heterocycles. The number of carbonyl (C=O) groups excluding carboxylic acids is 2. The van der Waals surface area contributed by atoms with E-state index in [-0.39, 0.29) is 24.3 Å². The Kier molecular flexibility index (Phi) is 6.50. The molecule has 0 aliphatic rings. The predicted octanol–water partition coefficient (Wildman–Crippen LogP) is -0.0141. The van der Waals surface area contributed by atoms with Crippen molar-refractivity contribution in [2.45, 2.75) is 0 Å². The Labute approximate surface area is 115 Å². The van der Waals surface area contributed by atoms with Gasteiger partial charge in [0.05, 0.1) is 17.7 Å². The Morgan fingerprint density at radius 1 is 1.10 bits per heavy atom. The van der Waals surface area contributed by atoms with E-state index in [9.17, 15) is 14.1 Å². The van der Waals surface area contributed by atoms with Gasteiger partial charge < -0.3 is 14.0 Å². The Morgan fingerprint density at radius 3 is 2.15 bits per heavy atom. The highest BCUT2D eigenvalue weighted by Gasteiger charge is 2.15. The highest BCUT2D eigenvalue weighted by atomic mass is 28.3. The summed E-state index contributed by atoms with van der Waals surface area (Å²) in [5, 5.41) is 0. The molecule has 0 aromatic heterocycles. The molecule has 1 aromatic rings. The summed E-state index contributed by atoms with van der Waals surface area (Å²) < 4.78 is 19.2. The van der Waals surface area contributed by atoms with E-state index < -0.39 is 21.1 Å². The zero-order valence-corrected chi connectivity index (χ0v) is 11.5. The van der Waals surface area contributed by atoms with Crippen molar-refractivity contribution in [2.75, 3.05) is 20.3 Å². The van der Waals surface area contributed by atoms with Crippen LogP contribution >= 0.6 is 0 Å². The quantitative estimate of drug-likeness (QED) is 0.324. The van der Waals surface area contributed by atoms with E-state index in [1.165, 1.54) is 31.4 Å². The molecular formula is C11H12O8Si. The van der Waals surface area contributed by atoms with Gasteiger partial charge in [0.2, 0.25) is 0 Å². The summed E-state index contributed by atoms with van der Waals surface area (Å²) in [6.45, 7) is 0.371. The summed E-state index contributed by atoms with van der Waals surface area (Å²) in [5.41, 5.74) is 0.185. The molecule has 20 heavy (non-hydrogen) atoms. The third-order valence-corrected chi connectivity index (χ3v) is 2.40. The fourth-order valence-corrected chi connectivity index (χ4v) is 1.42. The molecule has 0 bridgehead atoms. The monoisotopic (exact) mass is 300 g/mol. The lowest BCUT2D eigenvalue weighted by atomic mass is 10.1. The molecule has 0 aliphatic heterocycles. The SMILES string of the molecule is COCCOOC(=O)c1ccc(C(=O)O[Si](=O)O)cc1. The fraction of sp³-hybridized carbons (Fsp3) is 0.273. The van der Waals surface area contributed by atoms with Gasteiger partial charge in [-0.15, -0.1) is 0 Å². The van der Waals surface area contributed by atoms with Crippen molar-refractivity contribution < 1.29 is 37.8 Å². The largest absolute Gasteiger partial charge is 0.772 e. The molecule has 0 saturated heterocycles. The molecule has 1 aromatic carbocycles. The van der Waals surface area contributed by atoms with Gasteiger partial charge in [-0.2, -0.15) is 4.89 Å². The first-order valence-electron chi connectivity index (χ1n) is 5.42. The lowest BCUT2D eigenvalue weighted by molar-refractivity contribution is -0.246. The molecule has 9 heteroatoms. The van der Waals surface area contributed by atoms with Crippen molar-refractivity contribution in [1.29, 1.82) is 0 Å². The second-order valence-corrected chi connectivity index (χ2v) is 4.15. The molecule has 0 radical (unpaired) electrons. The Morgan fingerprint density at radius 2 is 1.65 bits per heavy atom. The molecule has 0 atom stereocenters. The second-order valence-electron chi connectivity index (χ2n) is 3.42. The van der Waals surface area contributed by atoms with Gasteiger partial charge in [0.15, 0.2) is 0 Å². The van der Waals surface area contributed by atoms with Crippen LogP contribution in [0.2, 0.25) is 0 Å². The average molecular weight is 300 g/mol. The first-order chi connectivity index (χ1) is 9.54. The molecule has 0 aliphatic carbocycles. The van der Waals surface area contributed by atoms with Crippen molar-refractivity contribution >= 4 is 21.1 Å². The summed E-state index contributed by atoms with van der Waals surface area (Å²) in [6, 6.07) is 5.12. The normalized spacial score (nSPS) is 9.85. The molecule has 8 nitrogen and oxygen atoms in total. The standard InChI is InChI=1S/C11H12O8Si/c1-16-6-7-17-18-10(12)8-2-4-9(5-3-8)11(13)19-20(14)15/h2-5,14H,6-7H2,1H3. The van der Waals surface area contributed by atoms with Crippen LogP contribution < -0.4 is 0 Å². The Bertz CT molecular complexity index is 484. The van der Waals surface area contributed by atoms with E-state index in [1.54, 1.807) is 0 Å². The van der Waals surface area contributed by atoms with Gasteiger partial charge in [-0.25, -0.2) is 9.59 Å². The van der Waals surface area contributed by atoms with Crippen LogP contribution in [-0.4, -0.2) is 46.2 Å². The number of rotatable bonds is 7. The van der Waals surface area contributed by atoms with Crippen LogP contribution in [0.5, 0.6) is 0 Å². The van der Waals surface area contributed by atoms with E-state index in [4.69, 9.17) is 9.53 Å². The molecular weight excluding hydrogens is 288 g/mol. The summed E-state index contributed by atoms with van der Waals surface area (Å²) in [5.74, 6) is -1.69. The number of ether oxygens (including phenoxy) is 1. The number of hydrogen-bond acceptors (Lipinski definition) is 7. The highest BCUT2D eigenvalue weighted by molar-refractivity contribution is 6.29. The minimum Gasteiger partial charge on any atom is -0.511 e. The van der Waals surface area contributed by atoms with Crippen molar-refractivity contribution in [1.82, 2.24) is 0 Å². The maximum atomic E-state index is 11.5. The van der Waals surface area contributed by atoms with Crippen LogP contribution in [0.3, 0.4) is 0 Å². The van der Waals surface area contributed by atoms with Gasteiger partial charge in [-0.05, 0) is 24.3 Å². The smallest absolute Gasteiger partial charge is 0.511 e. The van der Waals surface area contributed by atoms with E-state index >= 15 is 0 Å². The van der Waals surface area contributed by atoms with E-state index in [2.05, 4.69) is 14.2 Å². The zero-order chi connectivity index (χ0) is 15.0. The maximum absolute atomic E-state index is 11.5. The van der Waals surface area contributed by atoms with Gasteiger partial charge >= 0.3 is 21.1 Å². The molecule has 108 valence electrons. The predicted molar refractivity (Wildman–Crippen MR) is 63.8 cm³/mol. The molecule has 1 rings (SSSR count). The van der Waals surface area contributed by atoms with Crippen molar-refractivity contribution in [3.05, 3.63) is 35.4 Å². The summed E-state index contributed by atoms with van der Waals surface area (Å²) >= 11 is 0. The summed E-state index contributed by atoms with van der Waals surface area (Å²) in [7, 11) is -1.87. The lowest BCUT2D eigenvalue weighted by Gasteiger charge is -2.04. The minimum atomic E-state index is -3.35. The molecule has 0 spiro atoms. The van der Waals surface area contributed by atoms with E-state index in [1.807, 2.05) is 0 Å². The number of benzene rings is 1. The average Bonchev–Trinajstić information content (AvgIpc) is 2.43. The van der Waals surface area contributed by atoms with E-state index in [0.717, 1.165) is 0 Å². The van der Waals surface area contributed by atoms with Crippen molar-refractivity contribution in [2.24, 2.45) is 0 Å². The van der Waals surface area contributed by atoms with Gasteiger partial charge in [0, 0.05) is 7.11 Å². The van der Waals surface area contributed by atoms with Gasteiger partial charge in [-0.3, -0.25) is 9.35 Å². The van der Waals surface area contributed by atoms with Crippen LogP contribution in [0.4, 0.5) is 0 Å².